The van der Waals surface area contributed by atoms with Gasteiger partial charge in [-0.1, -0.05) is 145 Å². The summed E-state index contributed by atoms with van der Waals surface area (Å²) < 4.78 is 7.42. The molecule has 0 saturated carbocycles. The average Bonchev–Trinajstić information content (AvgIpc) is 2.70. The van der Waals surface area contributed by atoms with Crippen LogP contribution in [0.15, 0.2) is 60.7 Å². The van der Waals surface area contributed by atoms with Gasteiger partial charge in [0.15, 0.2) is 0 Å². The Labute approximate surface area is 196 Å². The molecule has 0 radical (unpaired) electrons. The van der Waals surface area contributed by atoms with E-state index in [1.165, 1.54) is 48.9 Å². The molecule has 0 N–H and O–H groups in total. The van der Waals surface area contributed by atoms with Crippen LogP contribution in [0.25, 0.3) is 0 Å². The highest BCUT2D eigenvalue weighted by Gasteiger charge is 2.49. The van der Waals surface area contributed by atoms with Gasteiger partial charge in [-0.2, -0.15) is 0 Å². The lowest BCUT2D eigenvalue weighted by Crippen LogP contribution is -2.66. The van der Waals surface area contributed by atoms with Crippen molar-refractivity contribution in [2.75, 3.05) is 6.61 Å². The maximum absolute atomic E-state index is 6.95. The molecular weight excluding hydrogens is 504 g/mol. The molecule has 2 rings (SSSR count). The second-order valence-electron chi connectivity index (χ2n) is 8.81. The molecule has 0 aliphatic carbocycles. The molecule has 2 aromatic rings. The van der Waals surface area contributed by atoms with E-state index in [0.717, 1.165) is 13.0 Å². The largest absolute Gasteiger partial charge is 0.407 e. The van der Waals surface area contributed by atoms with E-state index in [1.807, 2.05) is 0 Å². The minimum absolute atomic E-state index is 0.0671. The van der Waals surface area contributed by atoms with Gasteiger partial charge in [-0.05, 0) is 28.3 Å². The molecule has 160 valence electrons. The Hall–Kier alpha value is -0.423. The van der Waals surface area contributed by atoms with Crippen LogP contribution in [0.5, 0.6) is 0 Å². The average molecular weight is 540 g/mol. The zero-order valence-electron chi connectivity index (χ0n) is 18.2. The van der Waals surface area contributed by atoms with E-state index in [0.29, 0.717) is 3.74 Å². The molecular formula is C25H36Br2OSi. The van der Waals surface area contributed by atoms with E-state index in [2.05, 4.69) is 113 Å². The Morgan fingerprint density at radius 3 is 1.62 bits per heavy atom. The van der Waals surface area contributed by atoms with Gasteiger partial charge in [-0.3, -0.25) is 0 Å². The third kappa shape index (κ3) is 7.34. The molecule has 0 saturated heterocycles. The van der Waals surface area contributed by atoms with Gasteiger partial charge in [0.2, 0.25) is 0 Å². The van der Waals surface area contributed by atoms with E-state index in [9.17, 15) is 0 Å². The van der Waals surface area contributed by atoms with Crippen LogP contribution < -0.4 is 10.4 Å². The number of benzene rings is 2. The fraction of sp³-hybridized carbons (Fsp3) is 0.520. The van der Waals surface area contributed by atoms with Crippen molar-refractivity contribution in [3.05, 3.63) is 60.7 Å². The van der Waals surface area contributed by atoms with Crippen LogP contribution in [-0.4, -0.2) is 18.7 Å². The highest BCUT2D eigenvalue weighted by molar-refractivity contribution is 9.24. The zero-order chi connectivity index (χ0) is 21.2. The van der Waals surface area contributed by atoms with Crippen LogP contribution in [0, 0.1) is 0 Å². The van der Waals surface area contributed by atoms with Crippen molar-refractivity contribution in [1.29, 1.82) is 0 Å². The predicted octanol–water partition coefficient (Wildman–Crippen LogP) is 7.41. The normalized spacial score (nSPS) is 12.5. The summed E-state index contributed by atoms with van der Waals surface area (Å²) >= 11 is 7.11. The number of halogens is 2. The van der Waals surface area contributed by atoms with Gasteiger partial charge in [-0.25, -0.2) is 0 Å². The Kier molecular flexibility index (Phi) is 10.7. The molecule has 0 amide bonds. The highest BCUT2D eigenvalue weighted by Crippen LogP contribution is 2.36. The van der Waals surface area contributed by atoms with E-state index in [1.54, 1.807) is 0 Å². The fourth-order valence-electron chi connectivity index (χ4n) is 4.09. The highest BCUT2D eigenvalue weighted by atomic mass is 79.9. The van der Waals surface area contributed by atoms with Crippen molar-refractivity contribution in [3.63, 3.8) is 0 Å². The third-order valence-corrected chi connectivity index (χ3v) is 11.5. The number of rotatable bonds is 12. The third-order valence-electron chi connectivity index (χ3n) is 5.55. The minimum atomic E-state index is -2.35. The molecule has 0 aliphatic rings. The first-order chi connectivity index (χ1) is 13.9. The molecule has 0 aliphatic heterocycles. The maximum atomic E-state index is 6.95. The lowest BCUT2D eigenvalue weighted by Gasteiger charge is -2.43. The minimum Gasteiger partial charge on any atom is -0.407 e. The lowest BCUT2D eigenvalue weighted by molar-refractivity contribution is 0.286. The van der Waals surface area contributed by atoms with Crippen molar-refractivity contribution in [3.8, 4) is 0 Å². The van der Waals surface area contributed by atoms with E-state index < -0.39 is 8.32 Å². The van der Waals surface area contributed by atoms with Crippen LogP contribution in [0.2, 0.25) is 5.04 Å². The molecule has 29 heavy (non-hydrogen) atoms. The van der Waals surface area contributed by atoms with E-state index in [4.69, 9.17) is 4.43 Å². The smallest absolute Gasteiger partial charge is 0.261 e. The maximum Gasteiger partial charge on any atom is 0.261 e. The molecule has 0 heterocycles. The summed E-state index contributed by atoms with van der Waals surface area (Å²) in [5.74, 6) is 0. The monoisotopic (exact) mass is 538 g/mol. The van der Waals surface area contributed by atoms with Gasteiger partial charge in [0.05, 0.1) is 3.74 Å². The Morgan fingerprint density at radius 1 is 0.724 bits per heavy atom. The first kappa shape index (κ1) is 24.8. The van der Waals surface area contributed by atoms with Gasteiger partial charge in [0, 0.05) is 6.61 Å². The van der Waals surface area contributed by atoms with Gasteiger partial charge in [0.1, 0.15) is 0 Å². The molecule has 1 nitrogen and oxygen atoms in total. The van der Waals surface area contributed by atoms with Crippen molar-refractivity contribution in [2.45, 2.75) is 74.5 Å². The van der Waals surface area contributed by atoms with Gasteiger partial charge in [0.25, 0.3) is 8.32 Å². The summed E-state index contributed by atoms with van der Waals surface area (Å²) in [4.78, 5) is 0. The molecule has 0 aromatic heterocycles. The van der Waals surface area contributed by atoms with Crippen molar-refractivity contribution >= 4 is 50.6 Å². The standard InChI is InChI=1S/C25H36Br2OSi/c1-25(2,3)29(22-16-10-8-11-17-22,23-18-12-9-13-19-23)28-21-15-7-5-4-6-14-20-24(26)27/h8-13,16-19,24H,4-7,14-15,20-21H2,1-3H3. The van der Waals surface area contributed by atoms with Crippen LogP contribution in [0.3, 0.4) is 0 Å². The fourth-order valence-corrected chi connectivity index (χ4v) is 9.35. The Bertz CT molecular complexity index is 643. The van der Waals surface area contributed by atoms with Gasteiger partial charge in [-0.15, -0.1) is 0 Å². The van der Waals surface area contributed by atoms with Crippen molar-refractivity contribution in [2.24, 2.45) is 0 Å². The van der Waals surface area contributed by atoms with Crippen LogP contribution in [0.1, 0.15) is 65.7 Å². The molecule has 0 bridgehead atoms. The number of alkyl halides is 2. The summed E-state index contributed by atoms with van der Waals surface area (Å²) in [7, 11) is -2.35. The molecule has 4 heteroatoms. The van der Waals surface area contributed by atoms with Crippen LogP contribution in [0.4, 0.5) is 0 Å². The number of hydrogen-bond acceptors (Lipinski definition) is 1. The number of hydrogen-bond donors (Lipinski definition) is 0. The topological polar surface area (TPSA) is 9.23 Å². The number of unbranched alkanes of at least 4 members (excludes halogenated alkanes) is 5. The molecule has 0 spiro atoms. The van der Waals surface area contributed by atoms with Gasteiger partial charge >= 0.3 is 0 Å². The molecule has 0 fully saturated rings. The summed E-state index contributed by atoms with van der Waals surface area (Å²) in [5.41, 5.74) is 0. The quantitative estimate of drug-likeness (QED) is 0.155. The Balaban J connectivity index is 2.02. The first-order valence-electron chi connectivity index (χ1n) is 10.9. The summed E-state index contributed by atoms with van der Waals surface area (Å²) in [6.45, 7) is 7.89. The van der Waals surface area contributed by atoms with Crippen LogP contribution in [-0.2, 0) is 4.43 Å². The molecule has 0 unspecified atom stereocenters. The second kappa shape index (κ2) is 12.4. The predicted molar refractivity (Wildman–Crippen MR) is 138 cm³/mol. The molecule has 0 atom stereocenters. The summed E-state index contributed by atoms with van der Waals surface area (Å²) in [6, 6.07) is 21.9. The SMILES string of the molecule is CC(C)(C)[Si](OCCCCCCCCC(Br)Br)(c1ccccc1)c1ccccc1. The second-order valence-corrected chi connectivity index (χ2v) is 16.6. The summed E-state index contributed by atoms with van der Waals surface area (Å²) in [5, 5.41) is 2.81. The summed E-state index contributed by atoms with van der Waals surface area (Å²) in [6.07, 6.45) is 8.85. The van der Waals surface area contributed by atoms with E-state index in [-0.39, 0.29) is 5.04 Å². The van der Waals surface area contributed by atoms with Crippen LogP contribution >= 0.6 is 31.9 Å². The van der Waals surface area contributed by atoms with Gasteiger partial charge < -0.3 is 4.43 Å². The first-order valence-corrected chi connectivity index (χ1v) is 14.6. The zero-order valence-corrected chi connectivity index (χ0v) is 22.3. The van der Waals surface area contributed by atoms with E-state index >= 15 is 0 Å². The van der Waals surface area contributed by atoms with Crippen molar-refractivity contribution in [1.82, 2.24) is 0 Å². The molecule has 2 aromatic carbocycles. The Morgan fingerprint density at radius 2 is 1.17 bits per heavy atom. The lowest BCUT2D eigenvalue weighted by atomic mass is 10.1. The van der Waals surface area contributed by atoms with Crippen molar-refractivity contribution < 1.29 is 4.43 Å².